The van der Waals surface area contributed by atoms with Gasteiger partial charge in [0, 0.05) is 15.5 Å². The summed E-state index contributed by atoms with van der Waals surface area (Å²) < 4.78 is 14.2. The summed E-state index contributed by atoms with van der Waals surface area (Å²) in [5.41, 5.74) is 1.93. The number of benzene rings is 2. The lowest BCUT2D eigenvalue weighted by Gasteiger charge is -2.19. The van der Waals surface area contributed by atoms with Crippen molar-refractivity contribution in [3.63, 3.8) is 0 Å². The summed E-state index contributed by atoms with van der Waals surface area (Å²) in [4.78, 5) is 0. The Hall–Kier alpha value is -0.900. The Morgan fingerprint density at radius 1 is 1.26 bits per heavy atom. The van der Waals surface area contributed by atoms with E-state index in [1.54, 1.807) is 12.1 Å². The Kier molecular flexibility index (Phi) is 4.97. The van der Waals surface area contributed by atoms with Crippen molar-refractivity contribution < 1.29 is 4.39 Å². The number of hydrogen-bond donors (Lipinski definition) is 1. The fourth-order valence-electron chi connectivity index (χ4n) is 2.04. The van der Waals surface area contributed by atoms with Crippen LogP contribution in [0.2, 0.25) is 5.02 Å². The maximum Gasteiger partial charge on any atom is 0.123 e. The van der Waals surface area contributed by atoms with E-state index < -0.39 is 0 Å². The molecule has 0 saturated carbocycles. The summed E-state index contributed by atoms with van der Waals surface area (Å²) in [6.07, 6.45) is 0.665. The molecule has 0 saturated heterocycles. The van der Waals surface area contributed by atoms with E-state index in [0.29, 0.717) is 6.42 Å². The van der Waals surface area contributed by atoms with E-state index >= 15 is 0 Å². The Morgan fingerprint density at radius 2 is 2.00 bits per heavy atom. The molecule has 2 aromatic carbocycles. The normalized spacial score (nSPS) is 12.4. The van der Waals surface area contributed by atoms with Gasteiger partial charge in [-0.15, -0.1) is 0 Å². The van der Waals surface area contributed by atoms with E-state index in [2.05, 4.69) is 21.2 Å². The quantitative estimate of drug-likeness (QED) is 0.846. The van der Waals surface area contributed by atoms with Crippen molar-refractivity contribution in [2.45, 2.75) is 12.5 Å². The summed E-state index contributed by atoms with van der Waals surface area (Å²) in [6, 6.07) is 12.5. The fraction of sp³-hybridized carbons (Fsp3) is 0.200. The molecule has 0 aliphatic heterocycles. The van der Waals surface area contributed by atoms with Crippen LogP contribution >= 0.6 is 27.5 Å². The first-order valence-corrected chi connectivity index (χ1v) is 7.14. The molecule has 2 aromatic rings. The minimum atomic E-state index is -0.229. The molecule has 1 N–H and O–H groups in total. The third kappa shape index (κ3) is 3.56. The molecule has 0 bridgehead atoms. The molecule has 1 atom stereocenters. The standard InChI is InChI=1S/C15H14BrClFN/c1-19-15(12-4-2-3-5-14(12)17)9-10-8-11(18)6-7-13(10)16/h2-8,15,19H,9H2,1H3. The van der Waals surface area contributed by atoms with Crippen molar-refractivity contribution in [1.82, 2.24) is 5.32 Å². The van der Waals surface area contributed by atoms with Crippen molar-refractivity contribution in [3.05, 3.63) is 68.9 Å². The van der Waals surface area contributed by atoms with Gasteiger partial charge >= 0.3 is 0 Å². The molecule has 2 rings (SSSR count). The van der Waals surface area contributed by atoms with Crippen LogP contribution in [0.15, 0.2) is 46.9 Å². The molecule has 4 heteroatoms. The molecule has 0 aliphatic carbocycles. The molecule has 0 spiro atoms. The second-order valence-electron chi connectivity index (χ2n) is 4.30. The van der Waals surface area contributed by atoms with Crippen LogP contribution in [-0.2, 0) is 6.42 Å². The molecule has 100 valence electrons. The van der Waals surface area contributed by atoms with Crippen LogP contribution in [-0.4, -0.2) is 7.05 Å². The van der Waals surface area contributed by atoms with Gasteiger partial charge in [0.05, 0.1) is 0 Å². The molecule has 0 aromatic heterocycles. The van der Waals surface area contributed by atoms with E-state index in [4.69, 9.17) is 11.6 Å². The number of halogens is 3. The number of rotatable bonds is 4. The van der Waals surface area contributed by atoms with E-state index in [1.165, 1.54) is 6.07 Å². The lowest BCUT2D eigenvalue weighted by atomic mass is 9.99. The van der Waals surface area contributed by atoms with Crippen molar-refractivity contribution in [3.8, 4) is 0 Å². The molecule has 0 amide bonds. The van der Waals surface area contributed by atoms with Gasteiger partial charge < -0.3 is 5.32 Å². The molecular weight excluding hydrogens is 329 g/mol. The third-order valence-electron chi connectivity index (χ3n) is 3.06. The molecule has 0 heterocycles. The lowest BCUT2D eigenvalue weighted by molar-refractivity contribution is 0.583. The minimum absolute atomic E-state index is 0.0480. The highest BCUT2D eigenvalue weighted by molar-refractivity contribution is 9.10. The van der Waals surface area contributed by atoms with Crippen molar-refractivity contribution in [1.29, 1.82) is 0 Å². The van der Waals surface area contributed by atoms with Gasteiger partial charge in [0.25, 0.3) is 0 Å². The van der Waals surface area contributed by atoms with Crippen LogP contribution < -0.4 is 5.32 Å². The predicted octanol–water partition coefficient (Wildman–Crippen LogP) is 4.74. The number of nitrogens with one attached hydrogen (secondary N) is 1. The van der Waals surface area contributed by atoms with Gasteiger partial charge in [0.15, 0.2) is 0 Å². The molecule has 1 unspecified atom stereocenters. The topological polar surface area (TPSA) is 12.0 Å². The second-order valence-corrected chi connectivity index (χ2v) is 5.56. The molecular formula is C15H14BrClFN. The summed E-state index contributed by atoms with van der Waals surface area (Å²) in [7, 11) is 1.88. The highest BCUT2D eigenvalue weighted by Crippen LogP contribution is 2.28. The maximum atomic E-state index is 13.3. The van der Waals surface area contributed by atoms with Gasteiger partial charge in [0.1, 0.15) is 5.82 Å². The Balaban J connectivity index is 2.29. The maximum absolute atomic E-state index is 13.3. The van der Waals surface area contributed by atoms with Crippen LogP contribution in [0.3, 0.4) is 0 Å². The van der Waals surface area contributed by atoms with Gasteiger partial charge in [-0.1, -0.05) is 45.7 Å². The van der Waals surface area contributed by atoms with Crippen LogP contribution in [0.5, 0.6) is 0 Å². The smallest absolute Gasteiger partial charge is 0.123 e. The fourth-order valence-corrected chi connectivity index (χ4v) is 2.72. The first-order chi connectivity index (χ1) is 9.11. The monoisotopic (exact) mass is 341 g/mol. The number of hydrogen-bond acceptors (Lipinski definition) is 1. The first-order valence-electron chi connectivity index (χ1n) is 5.97. The van der Waals surface area contributed by atoms with Gasteiger partial charge in [-0.25, -0.2) is 4.39 Å². The Labute approximate surface area is 125 Å². The van der Waals surface area contributed by atoms with E-state index in [9.17, 15) is 4.39 Å². The van der Waals surface area contributed by atoms with Crippen LogP contribution in [0, 0.1) is 5.82 Å². The van der Waals surface area contributed by atoms with Crippen molar-refractivity contribution >= 4 is 27.5 Å². The summed E-state index contributed by atoms with van der Waals surface area (Å²) in [5, 5.41) is 3.94. The van der Waals surface area contributed by atoms with Crippen LogP contribution in [0.1, 0.15) is 17.2 Å². The first kappa shape index (κ1) is 14.5. The van der Waals surface area contributed by atoms with E-state index in [-0.39, 0.29) is 11.9 Å². The van der Waals surface area contributed by atoms with Crippen molar-refractivity contribution in [2.75, 3.05) is 7.05 Å². The predicted molar refractivity (Wildman–Crippen MR) is 81.1 cm³/mol. The Bertz CT molecular complexity index is 574. The molecule has 0 radical (unpaired) electrons. The van der Waals surface area contributed by atoms with Crippen LogP contribution in [0.4, 0.5) is 4.39 Å². The van der Waals surface area contributed by atoms with E-state index in [1.807, 2.05) is 31.3 Å². The molecule has 0 aliphatic rings. The third-order valence-corrected chi connectivity index (χ3v) is 4.18. The summed E-state index contributed by atoms with van der Waals surface area (Å²) in [6.45, 7) is 0. The molecule has 19 heavy (non-hydrogen) atoms. The summed E-state index contributed by atoms with van der Waals surface area (Å²) >= 11 is 9.66. The SMILES string of the molecule is CNC(Cc1cc(F)ccc1Br)c1ccccc1Cl. The van der Waals surface area contributed by atoms with Crippen molar-refractivity contribution in [2.24, 2.45) is 0 Å². The minimum Gasteiger partial charge on any atom is -0.313 e. The zero-order valence-electron chi connectivity index (χ0n) is 10.5. The average molecular weight is 343 g/mol. The van der Waals surface area contributed by atoms with Gasteiger partial charge in [-0.3, -0.25) is 0 Å². The van der Waals surface area contributed by atoms with Gasteiger partial charge in [-0.05, 0) is 48.9 Å². The largest absolute Gasteiger partial charge is 0.313 e. The highest BCUT2D eigenvalue weighted by Gasteiger charge is 2.15. The zero-order chi connectivity index (χ0) is 13.8. The highest BCUT2D eigenvalue weighted by atomic mass is 79.9. The lowest BCUT2D eigenvalue weighted by Crippen LogP contribution is -2.19. The number of likely N-dealkylation sites (N-methyl/N-ethyl adjacent to an activating group) is 1. The molecule has 1 nitrogen and oxygen atoms in total. The van der Waals surface area contributed by atoms with E-state index in [0.717, 1.165) is 20.6 Å². The average Bonchev–Trinajstić information content (AvgIpc) is 2.41. The zero-order valence-corrected chi connectivity index (χ0v) is 12.8. The van der Waals surface area contributed by atoms with Crippen LogP contribution in [0.25, 0.3) is 0 Å². The molecule has 0 fully saturated rings. The second kappa shape index (κ2) is 6.51. The van der Waals surface area contributed by atoms with Gasteiger partial charge in [0.2, 0.25) is 0 Å². The summed E-state index contributed by atoms with van der Waals surface area (Å²) in [5.74, 6) is -0.229. The Morgan fingerprint density at radius 3 is 2.68 bits per heavy atom. The van der Waals surface area contributed by atoms with Gasteiger partial charge in [-0.2, -0.15) is 0 Å².